The van der Waals surface area contributed by atoms with Crippen molar-refractivity contribution in [3.05, 3.63) is 30.1 Å². The van der Waals surface area contributed by atoms with Crippen LogP contribution in [0.25, 0.3) is 11.0 Å². The van der Waals surface area contributed by atoms with Crippen LogP contribution in [0.1, 0.15) is 5.56 Å². The minimum Gasteiger partial charge on any atom is -0.345 e. The van der Waals surface area contributed by atoms with Gasteiger partial charge in [0.15, 0.2) is 0 Å². The van der Waals surface area contributed by atoms with Gasteiger partial charge in [0.1, 0.15) is 0 Å². The SMILES string of the molecule is FCCc1ccc2nc[nH]c2c1. The minimum absolute atomic E-state index is 0.306. The van der Waals surface area contributed by atoms with E-state index in [1.807, 2.05) is 18.2 Å². The summed E-state index contributed by atoms with van der Waals surface area (Å²) >= 11 is 0. The number of hydrogen-bond acceptors (Lipinski definition) is 1. The Morgan fingerprint density at radius 1 is 1.42 bits per heavy atom. The van der Waals surface area contributed by atoms with Crippen LogP contribution in [0.3, 0.4) is 0 Å². The van der Waals surface area contributed by atoms with Gasteiger partial charge in [-0.25, -0.2) is 4.98 Å². The van der Waals surface area contributed by atoms with E-state index < -0.39 is 0 Å². The number of hydrogen-bond donors (Lipinski definition) is 1. The van der Waals surface area contributed by atoms with Crippen LogP contribution in [0.2, 0.25) is 0 Å². The van der Waals surface area contributed by atoms with Crippen LogP contribution in [-0.2, 0) is 6.42 Å². The zero-order chi connectivity index (χ0) is 8.39. The lowest BCUT2D eigenvalue weighted by Gasteiger charge is -1.95. The number of aromatic nitrogens is 2. The van der Waals surface area contributed by atoms with Gasteiger partial charge in [-0.3, -0.25) is 4.39 Å². The molecule has 0 unspecified atom stereocenters. The van der Waals surface area contributed by atoms with Gasteiger partial charge in [0.25, 0.3) is 0 Å². The Bertz CT molecular complexity index is 381. The third kappa shape index (κ3) is 1.18. The summed E-state index contributed by atoms with van der Waals surface area (Å²) in [4.78, 5) is 7.06. The van der Waals surface area contributed by atoms with Crippen LogP contribution in [0.4, 0.5) is 4.39 Å². The number of fused-ring (bicyclic) bond motifs is 1. The quantitative estimate of drug-likeness (QED) is 0.723. The smallest absolute Gasteiger partial charge is 0.0934 e. The van der Waals surface area contributed by atoms with Crippen molar-refractivity contribution in [3.8, 4) is 0 Å². The van der Waals surface area contributed by atoms with Crippen LogP contribution in [0, 0.1) is 0 Å². The summed E-state index contributed by atoms with van der Waals surface area (Å²) in [7, 11) is 0. The molecule has 0 bridgehead atoms. The number of aryl methyl sites for hydroxylation is 1. The van der Waals surface area contributed by atoms with Gasteiger partial charge in [-0.15, -0.1) is 0 Å². The maximum absolute atomic E-state index is 12.0. The standard InChI is InChI=1S/C9H9FN2/c10-4-3-7-1-2-8-9(5-7)12-6-11-8/h1-2,5-6H,3-4H2,(H,11,12). The maximum Gasteiger partial charge on any atom is 0.0934 e. The molecule has 0 aliphatic heterocycles. The predicted octanol–water partition coefficient (Wildman–Crippen LogP) is 2.07. The summed E-state index contributed by atoms with van der Waals surface area (Å²) < 4.78 is 12.0. The van der Waals surface area contributed by atoms with Crippen molar-refractivity contribution in [1.82, 2.24) is 9.97 Å². The first kappa shape index (κ1) is 7.28. The summed E-state index contributed by atoms with van der Waals surface area (Å²) in [6.07, 6.45) is 2.12. The minimum atomic E-state index is -0.306. The summed E-state index contributed by atoms with van der Waals surface area (Å²) in [6, 6.07) is 5.74. The molecule has 1 heterocycles. The van der Waals surface area contributed by atoms with Gasteiger partial charge in [0.2, 0.25) is 0 Å². The summed E-state index contributed by atoms with van der Waals surface area (Å²) in [6.45, 7) is -0.306. The highest BCUT2D eigenvalue weighted by Gasteiger charge is 1.97. The van der Waals surface area contributed by atoms with E-state index in [9.17, 15) is 4.39 Å². The molecule has 1 aromatic heterocycles. The third-order valence-corrected chi connectivity index (χ3v) is 1.87. The lowest BCUT2D eigenvalue weighted by atomic mass is 10.1. The molecule has 12 heavy (non-hydrogen) atoms. The molecule has 0 aliphatic carbocycles. The van der Waals surface area contributed by atoms with Crippen molar-refractivity contribution in [2.75, 3.05) is 6.67 Å². The van der Waals surface area contributed by atoms with E-state index in [-0.39, 0.29) is 6.67 Å². The number of rotatable bonds is 2. The fourth-order valence-corrected chi connectivity index (χ4v) is 1.25. The van der Waals surface area contributed by atoms with Crippen LogP contribution < -0.4 is 0 Å². The van der Waals surface area contributed by atoms with E-state index in [2.05, 4.69) is 9.97 Å². The second-order valence-electron chi connectivity index (χ2n) is 2.69. The molecule has 0 atom stereocenters. The third-order valence-electron chi connectivity index (χ3n) is 1.87. The lowest BCUT2D eigenvalue weighted by Crippen LogP contribution is -1.85. The van der Waals surface area contributed by atoms with Gasteiger partial charge >= 0.3 is 0 Å². The Morgan fingerprint density at radius 2 is 2.33 bits per heavy atom. The van der Waals surface area contributed by atoms with Crippen molar-refractivity contribution in [1.29, 1.82) is 0 Å². The molecular weight excluding hydrogens is 155 g/mol. The highest BCUT2D eigenvalue weighted by molar-refractivity contribution is 5.74. The van der Waals surface area contributed by atoms with Crippen molar-refractivity contribution >= 4 is 11.0 Å². The van der Waals surface area contributed by atoms with Crippen LogP contribution in [0.5, 0.6) is 0 Å². The Balaban J connectivity index is 2.46. The van der Waals surface area contributed by atoms with E-state index in [0.29, 0.717) is 6.42 Å². The Labute approximate surface area is 69.4 Å². The van der Waals surface area contributed by atoms with E-state index in [1.54, 1.807) is 6.33 Å². The molecule has 0 saturated heterocycles. The van der Waals surface area contributed by atoms with Crippen molar-refractivity contribution in [3.63, 3.8) is 0 Å². The van der Waals surface area contributed by atoms with Crippen LogP contribution >= 0.6 is 0 Å². The number of H-pyrrole nitrogens is 1. The van der Waals surface area contributed by atoms with Gasteiger partial charge in [-0.2, -0.15) is 0 Å². The second-order valence-corrected chi connectivity index (χ2v) is 2.69. The Morgan fingerprint density at radius 3 is 3.17 bits per heavy atom. The first-order valence-electron chi connectivity index (χ1n) is 3.88. The number of aromatic amines is 1. The highest BCUT2D eigenvalue weighted by Crippen LogP contribution is 2.11. The Kier molecular flexibility index (Phi) is 1.78. The molecule has 0 radical (unpaired) electrons. The molecule has 3 heteroatoms. The lowest BCUT2D eigenvalue weighted by molar-refractivity contribution is 0.495. The summed E-state index contributed by atoms with van der Waals surface area (Å²) in [5.74, 6) is 0. The largest absolute Gasteiger partial charge is 0.345 e. The first-order chi connectivity index (χ1) is 5.90. The molecule has 0 saturated carbocycles. The molecule has 2 nitrogen and oxygen atoms in total. The summed E-state index contributed by atoms with van der Waals surface area (Å²) in [5.41, 5.74) is 2.91. The van der Waals surface area contributed by atoms with E-state index in [0.717, 1.165) is 16.6 Å². The monoisotopic (exact) mass is 164 g/mol. The van der Waals surface area contributed by atoms with Gasteiger partial charge in [-0.1, -0.05) is 6.07 Å². The molecule has 1 N–H and O–H groups in total. The zero-order valence-electron chi connectivity index (χ0n) is 6.55. The number of alkyl halides is 1. The van der Waals surface area contributed by atoms with E-state index in [4.69, 9.17) is 0 Å². The van der Waals surface area contributed by atoms with Crippen LogP contribution in [-0.4, -0.2) is 16.6 Å². The molecular formula is C9H9FN2. The number of halogens is 1. The fraction of sp³-hybridized carbons (Fsp3) is 0.222. The van der Waals surface area contributed by atoms with Gasteiger partial charge < -0.3 is 4.98 Å². The molecule has 0 spiro atoms. The average molecular weight is 164 g/mol. The normalized spacial score (nSPS) is 10.8. The number of benzene rings is 1. The predicted molar refractivity (Wildman–Crippen MR) is 45.8 cm³/mol. The van der Waals surface area contributed by atoms with Crippen LogP contribution in [0.15, 0.2) is 24.5 Å². The number of nitrogens with zero attached hydrogens (tertiary/aromatic N) is 1. The zero-order valence-corrected chi connectivity index (χ0v) is 6.55. The fourth-order valence-electron chi connectivity index (χ4n) is 1.25. The second kappa shape index (κ2) is 2.93. The van der Waals surface area contributed by atoms with Crippen molar-refractivity contribution in [2.24, 2.45) is 0 Å². The van der Waals surface area contributed by atoms with E-state index >= 15 is 0 Å². The van der Waals surface area contributed by atoms with Gasteiger partial charge in [-0.05, 0) is 17.7 Å². The number of imidazole rings is 1. The first-order valence-corrected chi connectivity index (χ1v) is 3.88. The topological polar surface area (TPSA) is 28.7 Å². The average Bonchev–Trinajstić information content (AvgIpc) is 2.51. The molecule has 1 aromatic carbocycles. The van der Waals surface area contributed by atoms with Crippen molar-refractivity contribution in [2.45, 2.75) is 6.42 Å². The molecule has 0 aliphatic rings. The summed E-state index contributed by atoms with van der Waals surface area (Å²) in [5, 5.41) is 0. The molecule has 62 valence electrons. The maximum atomic E-state index is 12.0. The van der Waals surface area contributed by atoms with Gasteiger partial charge in [0.05, 0.1) is 24.0 Å². The molecule has 0 fully saturated rings. The Hall–Kier alpha value is -1.38. The molecule has 2 aromatic rings. The highest BCUT2D eigenvalue weighted by atomic mass is 19.1. The van der Waals surface area contributed by atoms with Crippen molar-refractivity contribution < 1.29 is 4.39 Å². The van der Waals surface area contributed by atoms with Gasteiger partial charge in [0, 0.05) is 6.42 Å². The molecule has 2 rings (SSSR count). The molecule has 0 amide bonds. The van der Waals surface area contributed by atoms with E-state index in [1.165, 1.54) is 0 Å². The number of nitrogens with one attached hydrogen (secondary N) is 1.